The lowest BCUT2D eigenvalue weighted by Gasteiger charge is -2.38. The molecule has 2 aromatic rings. The molecule has 2 amide bonds. The molecule has 0 aliphatic carbocycles. The Labute approximate surface area is 312 Å². The zero-order chi connectivity index (χ0) is 39.0. The van der Waals surface area contributed by atoms with E-state index in [1.54, 1.807) is 4.90 Å². The van der Waals surface area contributed by atoms with Gasteiger partial charge in [-0.1, -0.05) is 80.9 Å². The first-order chi connectivity index (χ1) is 25.2. The summed E-state index contributed by atoms with van der Waals surface area (Å²) in [5, 5.41) is 24.2. The number of carbonyl (C=O) groups excluding carboxylic acids is 4. The molecule has 0 unspecified atom stereocenters. The highest BCUT2D eigenvalue weighted by Gasteiger charge is 2.40. The number of hydrogen-bond donors (Lipinski definition) is 6. The fraction of sp³-hybridized carbons (Fsp3) is 0.550. The zero-order valence-electron chi connectivity index (χ0n) is 31.0. The highest BCUT2D eigenvalue weighted by molar-refractivity contribution is 5.95. The van der Waals surface area contributed by atoms with E-state index in [9.17, 15) is 33.9 Å². The molecule has 0 saturated carbocycles. The molecule has 290 valence electrons. The number of ketones is 2. The first kappa shape index (κ1) is 42.9. The Bertz CT molecular complexity index is 1510. The van der Waals surface area contributed by atoms with Gasteiger partial charge in [-0.25, -0.2) is 0 Å². The van der Waals surface area contributed by atoms with Gasteiger partial charge < -0.3 is 37.2 Å². The van der Waals surface area contributed by atoms with Crippen molar-refractivity contribution in [3.8, 4) is 0 Å². The van der Waals surface area contributed by atoms with Crippen molar-refractivity contribution < 1.29 is 39.0 Å². The van der Waals surface area contributed by atoms with Gasteiger partial charge in [0, 0.05) is 37.8 Å². The molecule has 1 aliphatic heterocycles. The van der Waals surface area contributed by atoms with Crippen LogP contribution in [0.3, 0.4) is 0 Å². The van der Waals surface area contributed by atoms with Gasteiger partial charge in [-0.05, 0) is 68.5 Å². The van der Waals surface area contributed by atoms with Crippen LogP contribution < -0.4 is 22.1 Å². The summed E-state index contributed by atoms with van der Waals surface area (Å²) in [6, 6.07) is 17.0. The predicted molar refractivity (Wildman–Crippen MR) is 201 cm³/mol. The minimum Gasteiger partial charge on any atom is -0.480 e. The highest BCUT2D eigenvalue weighted by Crippen LogP contribution is 2.26. The van der Waals surface area contributed by atoms with E-state index in [1.165, 1.54) is 0 Å². The maximum Gasteiger partial charge on any atom is 0.323 e. The van der Waals surface area contributed by atoms with Gasteiger partial charge in [-0.15, -0.1) is 0 Å². The third kappa shape index (κ3) is 14.5. The van der Waals surface area contributed by atoms with Crippen LogP contribution in [0.2, 0.25) is 0 Å². The molecule has 1 aliphatic rings. The zero-order valence-corrected chi connectivity index (χ0v) is 31.0. The van der Waals surface area contributed by atoms with Crippen molar-refractivity contribution in [2.75, 3.05) is 26.2 Å². The Hall–Kier alpha value is -4.46. The quantitative estimate of drug-likeness (QED) is 0.0911. The summed E-state index contributed by atoms with van der Waals surface area (Å²) in [5.74, 6) is -4.89. The lowest BCUT2D eigenvalue weighted by Crippen LogP contribution is -2.57. The second-order valence-electron chi connectivity index (χ2n) is 14.8. The molecule has 53 heavy (non-hydrogen) atoms. The van der Waals surface area contributed by atoms with Crippen LogP contribution in [0.4, 0.5) is 0 Å². The average molecular weight is 736 g/mol. The summed E-state index contributed by atoms with van der Waals surface area (Å²) in [5.41, 5.74) is 12.7. The third-order valence-electron chi connectivity index (χ3n) is 9.89. The number of nitrogens with two attached hydrogens (primary N) is 2. The molecule has 2 aromatic carbocycles. The van der Waals surface area contributed by atoms with Crippen LogP contribution in [0.25, 0.3) is 0 Å². The van der Waals surface area contributed by atoms with Gasteiger partial charge >= 0.3 is 11.9 Å². The smallest absolute Gasteiger partial charge is 0.323 e. The third-order valence-corrected chi connectivity index (χ3v) is 9.89. The molecular formula is C40H57N5O8. The summed E-state index contributed by atoms with van der Waals surface area (Å²) in [6.45, 7) is 4.37. The molecular weight excluding hydrogens is 678 g/mol. The Kier molecular flexibility index (Phi) is 17.3. The molecule has 13 heteroatoms. The lowest BCUT2D eigenvalue weighted by atomic mass is 9.86. The van der Waals surface area contributed by atoms with E-state index in [0.29, 0.717) is 38.6 Å². The van der Waals surface area contributed by atoms with Crippen molar-refractivity contribution in [3.05, 3.63) is 71.8 Å². The van der Waals surface area contributed by atoms with E-state index in [4.69, 9.17) is 16.6 Å². The molecule has 0 radical (unpaired) electrons. The first-order valence-electron chi connectivity index (χ1n) is 18.6. The molecule has 0 spiro atoms. The van der Waals surface area contributed by atoms with Crippen molar-refractivity contribution >= 4 is 35.3 Å². The summed E-state index contributed by atoms with van der Waals surface area (Å²) in [6.07, 6.45) is 2.28. The summed E-state index contributed by atoms with van der Waals surface area (Å²) in [7, 11) is 0. The number of unbranched alkanes of at least 4 members (excludes halogenated alkanes) is 1. The number of carbonyl (C=O) groups is 6. The second-order valence-corrected chi connectivity index (χ2v) is 14.8. The predicted octanol–water partition coefficient (Wildman–Crippen LogP) is 2.73. The number of likely N-dealkylation sites (tertiary alicyclic amines) is 1. The second kappa shape index (κ2) is 21.3. The lowest BCUT2D eigenvalue weighted by molar-refractivity contribution is -0.149. The van der Waals surface area contributed by atoms with Crippen LogP contribution in [0, 0.1) is 17.8 Å². The normalized spacial score (nSPS) is 16.3. The van der Waals surface area contributed by atoms with E-state index in [-0.39, 0.29) is 75.1 Å². The minimum atomic E-state index is -1.42. The molecule has 0 aromatic heterocycles. The van der Waals surface area contributed by atoms with E-state index in [2.05, 4.69) is 10.6 Å². The number of piperidine rings is 1. The van der Waals surface area contributed by atoms with Crippen LogP contribution >= 0.6 is 0 Å². The van der Waals surface area contributed by atoms with Gasteiger partial charge in [0.05, 0.1) is 18.6 Å². The molecule has 3 rings (SSSR count). The Morgan fingerprint density at radius 2 is 1.38 bits per heavy atom. The maximum absolute atomic E-state index is 14.1. The number of carboxylic acids is 2. The number of amides is 2. The van der Waals surface area contributed by atoms with E-state index < -0.39 is 47.3 Å². The fourth-order valence-electron chi connectivity index (χ4n) is 6.70. The van der Waals surface area contributed by atoms with Gasteiger partial charge in [0.15, 0.2) is 11.6 Å². The maximum atomic E-state index is 14.1. The Balaban J connectivity index is 1.77. The number of rotatable bonds is 23. The summed E-state index contributed by atoms with van der Waals surface area (Å²) < 4.78 is 0. The summed E-state index contributed by atoms with van der Waals surface area (Å²) >= 11 is 0. The fourth-order valence-corrected chi connectivity index (χ4v) is 6.70. The van der Waals surface area contributed by atoms with Gasteiger partial charge in [0.1, 0.15) is 5.54 Å². The standard InChI is InChI=1S/C40H57N5O8/c1-27(2)21-33(44-37(50)31(22-28-11-5-3-6-12-28)25-34(46)32(41)23-29-13-7-4-8-14-29)35(47)24-30(15-9-10-18-43-26-36(48)49)38(51)45-19-16-40(42,17-20-45)39(52)53/h3-8,11-14,27,30-33,43H,9-10,15-26,41-42H2,1-2H3,(H,44,50)(H,48,49)(H,52,53)/t30-,31-,32+,33+/m0/s1. The molecule has 8 N–H and O–H groups in total. The number of nitrogens with one attached hydrogen (secondary N) is 2. The highest BCUT2D eigenvalue weighted by atomic mass is 16.4. The largest absolute Gasteiger partial charge is 0.480 e. The molecule has 1 saturated heterocycles. The van der Waals surface area contributed by atoms with Crippen molar-refractivity contribution in [2.24, 2.45) is 29.2 Å². The van der Waals surface area contributed by atoms with E-state index in [1.807, 2.05) is 74.5 Å². The van der Waals surface area contributed by atoms with Gasteiger partial charge in [-0.3, -0.25) is 28.8 Å². The SMILES string of the molecule is CC(C)C[C@@H](NC(=O)[C@H](CC(=O)[C@H](N)Cc1ccccc1)Cc1ccccc1)C(=O)C[C@H](CCCCNCC(=O)O)C(=O)N1CCC(N)(C(=O)O)CC1. The van der Waals surface area contributed by atoms with Crippen LogP contribution in [0.15, 0.2) is 60.7 Å². The van der Waals surface area contributed by atoms with Crippen molar-refractivity contribution in [2.45, 2.75) is 95.7 Å². The van der Waals surface area contributed by atoms with Crippen molar-refractivity contribution in [3.63, 3.8) is 0 Å². The van der Waals surface area contributed by atoms with Gasteiger partial charge in [0.25, 0.3) is 0 Å². The van der Waals surface area contributed by atoms with Crippen molar-refractivity contribution in [1.82, 2.24) is 15.5 Å². The van der Waals surface area contributed by atoms with E-state index >= 15 is 0 Å². The number of hydrogen-bond acceptors (Lipinski definition) is 9. The van der Waals surface area contributed by atoms with Gasteiger partial charge in [0.2, 0.25) is 11.8 Å². The number of Topliss-reactive ketones (excluding diaryl/α,β-unsaturated/α-hetero) is 2. The number of benzene rings is 2. The van der Waals surface area contributed by atoms with Gasteiger partial charge in [-0.2, -0.15) is 0 Å². The molecule has 13 nitrogen and oxygen atoms in total. The monoisotopic (exact) mass is 735 g/mol. The van der Waals surface area contributed by atoms with Crippen molar-refractivity contribution in [1.29, 1.82) is 0 Å². The first-order valence-corrected chi connectivity index (χ1v) is 18.6. The number of aliphatic carboxylic acids is 2. The van der Waals surface area contributed by atoms with Crippen LogP contribution in [-0.2, 0) is 41.6 Å². The molecule has 0 bridgehead atoms. The minimum absolute atomic E-state index is 0.0167. The van der Waals surface area contributed by atoms with Crippen LogP contribution in [0.5, 0.6) is 0 Å². The Morgan fingerprint density at radius 3 is 1.92 bits per heavy atom. The molecule has 4 atom stereocenters. The Morgan fingerprint density at radius 1 is 0.811 bits per heavy atom. The molecule has 1 heterocycles. The molecule has 1 fully saturated rings. The number of nitrogens with zero attached hydrogens (tertiary/aromatic N) is 1. The van der Waals surface area contributed by atoms with Crippen LogP contribution in [-0.4, -0.2) is 94.2 Å². The van der Waals surface area contributed by atoms with Crippen LogP contribution in [0.1, 0.15) is 76.3 Å². The van der Waals surface area contributed by atoms with E-state index in [0.717, 1.165) is 11.1 Å². The average Bonchev–Trinajstić information content (AvgIpc) is 3.12. The number of carboxylic acid groups (broad SMARTS) is 2. The summed E-state index contributed by atoms with van der Waals surface area (Å²) in [4.78, 5) is 79.5. The topological polar surface area (TPSA) is 222 Å².